The molecule has 0 N–H and O–H groups in total. The molecule has 2 heterocycles. The summed E-state index contributed by atoms with van der Waals surface area (Å²) in [5.74, 6) is 0. The Labute approximate surface area is 201 Å². The maximum atomic E-state index is 14.2. The van der Waals surface area contributed by atoms with Gasteiger partial charge in [0, 0.05) is 0 Å². The maximum absolute atomic E-state index is 14.2. The second-order valence-electron chi connectivity index (χ2n) is 8.89. The molecule has 3 rings (SSSR count). The Bertz CT molecular complexity index is 928. The van der Waals surface area contributed by atoms with Gasteiger partial charge in [-0.05, 0) is 0 Å². The van der Waals surface area contributed by atoms with E-state index in [1.54, 1.807) is 0 Å². The van der Waals surface area contributed by atoms with Crippen molar-refractivity contribution in [3.05, 3.63) is 30.3 Å². The number of halogens is 12. The topological polar surface area (TPSA) is 36.9 Å². The first kappa shape index (κ1) is 29.7. The molecule has 1 aromatic carbocycles. The minimum absolute atomic E-state index is 0.311. The van der Waals surface area contributed by atoms with Crippen LogP contribution >= 0.6 is 6.20 Å². The van der Waals surface area contributed by atoms with Crippen LogP contribution in [-0.4, -0.2) is 61.6 Å². The van der Waals surface area contributed by atoms with Gasteiger partial charge in [-0.2, -0.15) is 0 Å². The zero-order valence-electron chi connectivity index (χ0n) is 18.4. The monoisotopic (exact) mass is 636 g/mol. The summed E-state index contributed by atoms with van der Waals surface area (Å²) in [7, 11) is 0. The molecule has 2 aliphatic heterocycles. The van der Waals surface area contributed by atoms with Crippen molar-refractivity contribution in [3.63, 3.8) is 0 Å². The normalized spacial score (nSPS) is 27.5. The summed E-state index contributed by atoms with van der Waals surface area (Å²) in [6, 6.07) is 5.77. The van der Waals surface area contributed by atoms with Crippen molar-refractivity contribution >= 4 is 25.2 Å². The third-order valence-electron chi connectivity index (χ3n) is 5.87. The van der Waals surface area contributed by atoms with Crippen molar-refractivity contribution in [2.75, 3.05) is 0 Å². The molecular formula is C18H17F12O4PSe. The van der Waals surface area contributed by atoms with Crippen molar-refractivity contribution in [3.8, 4) is 0 Å². The van der Waals surface area contributed by atoms with Crippen LogP contribution in [0.2, 0.25) is 0 Å². The second-order valence-corrected chi connectivity index (χ2v) is 17.2. The summed E-state index contributed by atoms with van der Waals surface area (Å²) in [6.45, 7) is 3.97. The molecule has 0 unspecified atom stereocenters. The molecule has 2 fully saturated rings. The number of hydrogen-bond acceptors (Lipinski definition) is 4. The third-order valence-corrected chi connectivity index (χ3v) is 14.7. The average molecular weight is 635 g/mol. The standard InChI is InChI=1S/C18H17F12O4PSe/c1-11(2)12(3,4)32-35(31-11,36-10-8-6-5-7-9-10)33-13(15(19,20)21,16(22,23)24)14(34-35,17(25,26)27)18(28,29)30/h5-9H,1-4H3. The van der Waals surface area contributed by atoms with E-state index in [4.69, 9.17) is 9.05 Å². The van der Waals surface area contributed by atoms with Crippen molar-refractivity contribution < 1.29 is 70.8 Å². The van der Waals surface area contributed by atoms with Gasteiger partial charge in [-0.3, -0.25) is 0 Å². The summed E-state index contributed by atoms with van der Waals surface area (Å²) in [6.07, 6.45) is -36.5. The van der Waals surface area contributed by atoms with Crippen molar-refractivity contribution in [2.45, 2.75) is 74.8 Å². The first-order valence-corrected chi connectivity index (χ1v) is 14.6. The van der Waals surface area contributed by atoms with Crippen LogP contribution in [0.4, 0.5) is 52.7 Å². The second kappa shape index (κ2) is 7.64. The predicted octanol–water partition coefficient (Wildman–Crippen LogP) is 6.52. The van der Waals surface area contributed by atoms with Gasteiger partial charge in [0.05, 0.1) is 0 Å². The quantitative estimate of drug-likeness (QED) is 0.211. The fraction of sp³-hybridized carbons (Fsp3) is 0.667. The Morgan fingerprint density at radius 2 is 0.861 bits per heavy atom. The van der Waals surface area contributed by atoms with E-state index >= 15 is 0 Å². The molecule has 0 amide bonds. The van der Waals surface area contributed by atoms with E-state index in [1.165, 1.54) is 18.2 Å². The van der Waals surface area contributed by atoms with E-state index in [-0.39, 0.29) is 4.46 Å². The van der Waals surface area contributed by atoms with Crippen LogP contribution in [0.25, 0.3) is 0 Å². The Balaban J connectivity index is 2.56. The molecule has 0 radical (unpaired) electrons. The molecule has 4 nitrogen and oxygen atoms in total. The van der Waals surface area contributed by atoms with E-state index in [0.29, 0.717) is 0 Å². The fourth-order valence-electron chi connectivity index (χ4n) is 3.71. The van der Waals surface area contributed by atoms with Crippen LogP contribution < -0.4 is 4.46 Å². The van der Waals surface area contributed by atoms with E-state index in [0.717, 1.165) is 39.8 Å². The fourth-order valence-corrected chi connectivity index (χ4v) is 16.0. The number of alkyl halides is 12. The summed E-state index contributed by atoms with van der Waals surface area (Å²) >= 11 is -2.36. The van der Waals surface area contributed by atoms with E-state index < -0.39 is 67.8 Å². The van der Waals surface area contributed by atoms with Crippen LogP contribution in [0.5, 0.6) is 0 Å². The SMILES string of the molecule is CC1(C)OP2([Se]c3ccccc3)(OC1(C)C)OC(C(F)(F)F)(C(F)(F)F)C(C(F)(F)F)(C(F)(F)F)O2. The van der Waals surface area contributed by atoms with Crippen molar-refractivity contribution in [1.82, 2.24) is 0 Å². The Morgan fingerprint density at radius 3 is 1.14 bits per heavy atom. The molecule has 2 saturated heterocycles. The zero-order valence-corrected chi connectivity index (χ0v) is 21.0. The van der Waals surface area contributed by atoms with Gasteiger partial charge in [0.15, 0.2) is 0 Å². The van der Waals surface area contributed by atoms with Gasteiger partial charge < -0.3 is 0 Å². The Hall–Kier alpha value is -0.831. The van der Waals surface area contributed by atoms with E-state index in [9.17, 15) is 52.7 Å². The third kappa shape index (κ3) is 3.79. The average Bonchev–Trinajstić information content (AvgIpc) is 2.98. The van der Waals surface area contributed by atoms with Crippen LogP contribution in [0.3, 0.4) is 0 Å². The molecular weight excluding hydrogens is 618 g/mol. The number of benzene rings is 1. The first-order chi connectivity index (χ1) is 15.7. The zero-order chi connectivity index (χ0) is 28.1. The first-order valence-electron chi connectivity index (χ1n) is 9.61. The van der Waals surface area contributed by atoms with Gasteiger partial charge in [0.1, 0.15) is 0 Å². The van der Waals surface area contributed by atoms with Crippen molar-refractivity contribution in [1.29, 1.82) is 0 Å². The van der Waals surface area contributed by atoms with Gasteiger partial charge in [-0.25, -0.2) is 0 Å². The van der Waals surface area contributed by atoms with E-state index in [2.05, 4.69) is 9.05 Å². The van der Waals surface area contributed by atoms with Gasteiger partial charge >= 0.3 is 201 Å². The molecule has 0 bridgehead atoms. The Kier molecular flexibility index (Phi) is 6.30. The molecule has 36 heavy (non-hydrogen) atoms. The molecule has 208 valence electrons. The summed E-state index contributed by atoms with van der Waals surface area (Å²) in [4.78, 5) is 0. The van der Waals surface area contributed by atoms with Gasteiger partial charge in [0.25, 0.3) is 0 Å². The molecule has 0 aromatic heterocycles. The number of hydrogen-bond donors (Lipinski definition) is 0. The predicted molar refractivity (Wildman–Crippen MR) is 101 cm³/mol. The van der Waals surface area contributed by atoms with Gasteiger partial charge in [-0.15, -0.1) is 0 Å². The Morgan fingerprint density at radius 1 is 0.556 bits per heavy atom. The summed E-state index contributed by atoms with van der Waals surface area (Å²) < 4.78 is 189. The van der Waals surface area contributed by atoms with E-state index in [1.807, 2.05) is 0 Å². The van der Waals surface area contributed by atoms with Gasteiger partial charge in [-0.1, -0.05) is 0 Å². The van der Waals surface area contributed by atoms with Crippen LogP contribution in [0.15, 0.2) is 30.3 Å². The summed E-state index contributed by atoms with van der Waals surface area (Å²) in [5, 5.41) is 0. The van der Waals surface area contributed by atoms with Crippen molar-refractivity contribution in [2.24, 2.45) is 0 Å². The minimum atomic E-state index is -7.37. The number of rotatable bonds is 2. The van der Waals surface area contributed by atoms with Crippen LogP contribution in [0, 0.1) is 0 Å². The molecule has 0 saturated carbocycles. The molecule has 18 heteroatoms. The van der Waals surface area contributed by atoms with Crippen LogP contribution in [0.1, 0.15) is 27.7 Å². The molecule has 1 aromatic rings. The van der Waals surface area contributed by atoms with Gasteiger partial charge in [0.2, 0.25) is 0 Å². The molecule has 0 aliphatic carbocycles. The van der Waals surface area contributed by atoms with Crippen LogP contribution in [-0.2, 0) is 18.1 Å². The summed E-state index contributed by atoms with van der Waals surface area (Å²) in [5.41, 5.74) is -18.1. The molecule has 1 spiro atoms. The molecule has 0 atom stereocenters. The molecule has 2 aliphatic rings.